The zero-order valence-electron chi connectivity index (χ0n) is 19.7. The Labute approximate surface area is 217 Å². The molecule has 0 amide bonds. The summed E-state index contributed by atoms with van der Waals surface area (Å²) in [6.45, 7) is 13.6. The Morgan fingerprint density at radius 3 is 1.26 bits per heavy atom. The van der Waals surface area contributed by atoms with E-state index < -0.39 is 0 Å². The predicted octanol–water partition coefficient (Wildman–Crippen LogP) is 1.96. The van der Waals surface area contributed by atoms with Gasteiger partial charge in [0.1, 0.15) is 0 Å². The van der Waals surface area contributed by atoms with Crippen LogP contribution in [0.4, 0.5) is 0 Å². The third-order valence-corrected chi connectivity index (χ3v) is 5.51. The third-order valence-electron chi connectivity index (χ3n) is 5.51. The molecule has 4 aliphatic carbocycles. The summed E-state index contributed by atoms with van der Waals surface area (Å²) in [5.74, 6) is 0. The third kappa shape index (κ3) is 7.64. The number of rotatable bonds is 2. The first-order valence-corrected chi connectivity index (χ1v) is 10.5. The molecule has 0 bridgehead atoms. The Balaban J connectivity index is 0.000000529. The molecule has 164 valence electrons. The summed E-state index contributed by atoms with van der Waals surface area (Å²) in [6.07, 6.45) is 28.8. The van der Waals surface area contributed by atoms with Crippen LogP contribution in [0, 0.1) is 23.0 Å². The molecular formula is C28H34Cl2Ti. The fraction of sp³-hybridized carbons (Fsp3) is 0.429. The van der Waals surface area contributed by atoms with Crippen LogP contribution in [-0.2, 0) is 21.7 Å². The van der Waals surface area contributed by atoms with Crippen molar-refractivity contribution in [1.29, 1.82) is 0 Å². The van der Waals surface area contributed by atoms with Crippen LogP contribution in [0.5, 0.6) is 0 Å². The van der Waals surface area contributed by atoms with Crippen molar-refractivity contribution in [2.75, 3.05) is 0 Å². The van der Waals surface area contributed by atoms with E-state index in [0.717, 1.165) is 25.7 Å². The van der Waals surface area contributed by atoms with Crippen molar-refractivity contribution in [3.05, 3.63) is 94.2 Å². The Morgan fingerprint density at radius 1 is 0.645 bits per heavy atom. The standard InChI is InChI=1S/2C14H17.2ClH.Ti/c2*1-14(2,3)13-10-6-9-12(13)11-7-4-5-8-11;;;/h2*4-5,7,10H,6,8H2,1-3H3;2*1H;/q2*-1;;;+4/p-2. The van der Waals surface area contributed by atoms with Gasteiger partial charge in [0.25, 0.3) is 0 Å². The van der Waals surface area contributed by atoms with Crippen LogP contribution in [0.15, 0.2) is 82.0 Å². The minimum atomic E-state index is 0. The molecule has 31 heavy (non-hydrogen) atoms. The second-order valence-corrected chi connectivity index (χ2v) is 9.90. The quantitative estimate of drug-likeness (QED) is 0.411. The average Bonchev–Trinajstić information content (AvgIpc) is 3.42. The second-order valence-electron chi connectivity index (χ2n) is 9.90. The second kappa shape index (κ2) is 12.5. The Kier molecular flexibility index (Phi) is 12.1. The van der Waals surface area contributed by atoms with Crippen molar-refractivity contribution in [2.45, 2.75) is 67.2 Å². The number of allylic oxidation sites excluding steroid dienone is 16. The van der Waals surface area contributed by atoms with E-state index in [1.54, 1.807) is 0 Å². The van der Waals surface area contributed by atoms with E-state index in [1.165, 1.54) is 33.4 Å². The van der Waals surface area contributed by atoms with Crippen LogP contribution < -0.4 is 24.8 Å². The van der Waals surface area contributed by atoms with E-state index in [2.05, 4.69) is 102 Å². The molecule has 0 spiro atoms. The van der Waals surface area contributed by atoms with Crippen LogP contribution in [0.1, 0.15) is 67.2 Å². The summed E-state index contributed by atoms with van der Waals surface area (Å²) < 4.78 is 0. The molecule has 0 fully saturated rings. The Morgan fingerprint density at radius 2 is 1.00 bits per heavy atom. The molecule has 3 heteroatoms. The largest absolute Gasteiger partial charge is 4.00 e. The van der Waals surface area contributed by atoms with Gasteiger partial charge in [-0.3, -0.25) is 0 Å². The van der Waals surface area contributed by atoms with Crippen molar-refractivity contribution in [3.63, 3.8) is 0 Å². The molecule has 4 rings (SSSR count). The summed E-state index contributed by atoms with van der Waals surface area (Å²) >= 11 is 0. The van der Waals surface area contributed by atoms with Crippen LogP contribution in [0.25, 0.3) is 0 Å². The molecular weight excluding hydrogens is 455 g/mol. The van der Waals surface area contributed by atoms with Crippen LogP contribution in [0.2, 0.25) is 0 Å². The van der Waals surface area contributed by atoms with Gasteiger partial charge < -0.3 is 24.8 Å². The van der Waals surface area contributed by atoms with Gasteiger partial charge in [-0.15, -0.1) is 46.6 Å². The van der Waals surface area contributed by atoms with Gasteiger partial charge in [0.15, 0.2) is 0 Å². The molecule has 0 heterocycles. The number of hydrogen-bond donors (Lipinski definition) is 0. The first kappa shape index (κ1) is 30.2. The maximum Gasteiger partial charge on any atom is 4.00 e. The summed E-state index contributed by atoms with van der Waals surface area (Å²) in [5, 5.41) is 0. The van der Waals surface area contributed by atoms with Crippen molar-refractivity contribution in [1.82, 2.24) is 0 Å². The zero-order chi connectivity index (χ0) is 20.4. The fourth-order valence-corrected chi connectivity index (χ4v) is 4.11. The molecule has 4 aliphatic rings. The average molecular weight is 489 g/mol. The molecule has 0 saturated carbocycles. The summed E-state index contributed by atoms with van der Waals surface area (Å²) in [7, 11) is 0. The van der Waals surface area contributed by atoms with Gasteiger partial charge in [-0.05, 0) is 0 Å². The normalized spacial score (nSPS) is 18.9. The van der Waals surface area contributed by atoms with Gasteiger partial charge in [0.05, 0.1) is 0 Å². The summed E-state index contributed by atoms with van der Waals surface area (Å²) in [5.41, 5.74) is 9.03. The van der Waals surface area contributed by atoms with Crippen LogP contribution >= 0.6 is 0 Å². The van der Waals surface area contributed by atoms with E-state index in [-0.39, 0.29) is 57.4 Å². The van der Waals surface area contributed by atoms with Crippen molar-refractivity contribution in [2.24, 2.45) is 10.8 Å². The number of halogens is 2. The SMILES string of the molecule is CC(C)(C)C1=CC[C-]=C1C1=CC=CC1.CC(C)(C)C1=CC[C-]=C1C1=CC=CC1.[Cl-].[Cl-].[Ti+4]. The van der Waals surface area contributed by atoms with E-state index in [0.29, 0.717) is 0 Å². The van der Waals surface area contributed by atoms with Crippen molar-refractivity contribution < 1.29 is 46.5 Å². The van der Waals surface area contributed by atoms with Gasteiger partial charge in [0, 0.05) is 0 Å². The van der Waals surface area contributed by atoms with Gasteiger partial charge in [0.2, 0.25) is 0 Å². The van der Waals surface area contributed by atoms with Crippen LogP contribution in [0.3, 0.4) is 0 Å². The molecule has 0 aromatic carbocycles. The molecule has 0 aliphatic heterocycles. The topological polar surface area (TPSA) is 0 Å². The van der Waals surface area contributed by atoms with E-state index >= 15 is 0 Å². The minimum Gasteiger partial charge on any atom is -1.00 e. The van der Waals surface area contributed by atoms with E-state index in [9.17, 15) is 0 Å². The van der Waals surface area contributed by atoms with E-state index in [1.807, 2.05) is 0 Å². The Bertz CT molecular complexity index is 799. The summed E-state index contributed by atoms with van der Waals surface area (Å²) in [4.78, 5) is 0. The smallest absolute Gasteiger partial charge is 1.00 e. The molecule has 0 aromatic rings. The first-order chi connectivity index (χ1) is 13.2. The van der Waals surface area contributed by atoms with Gasteiger partial charge >= 0.3 is 21.7 Å². The molecule has 0 N–H and O–H groups in total. The van der Waals surface area contributed by atoms with Gasteiger partial charge in [-0.25, -0.2) is 0 Å². The molecule has 0 saturated heterocycles. The molecule has 0 nitrogen and oxygen atoms in total. The molecule has 0 radical (unpaired) electrons. The predicted molar refractivity (Wildman–Crippen MR) is 122 cm³/mol. The van der Waals surface area contributed by atoms with Crippen molar-refractivity contribution >= 4 is 0 Å². The molecule has 0 atom stereocenters. The Hall–Kier alpha value is -0.786. The zero-order valence-corrected chi connectivity index (χ0v) is 22.8. The van der Waals surface area contributed by atoms with E-state index in [4.69, 9.17) is 0 Å². The first-order valence-electron chi connectivity index (χ1n) is 10.5. The maximum absolute atomic E-state index is 3.47. The van der Waals surface area contributed by atoms with Gasteiger partial charge in [-0.2, -0.15) is 23.3 Å². The fourth-order valence-electron chi connectivity index (χ4n) is 4.11. The maximum atomic E-state index is 3.47. The molecule has 0 unspecified atom stereocenters. The van der Waals surface area contributed by atoms with Gasteiger partial charge in [-0.1, -0.05) is 102 Å². The monoisotopic (exact) mass is 488 g/mol. The molecule has 0 aromatic heterocycles. The minimum absolute atomic E-state index is 0. The van der Waals surface area contributed by atoms with Crippen LogP contribution in [-0.4, -0.2) is 0 Å². The number of hydrogen-bond acceptors (Lipinski definition) is 0. The summed E-state index contributed by atoms with van der Waals surface area (Å²) in [6, 6.07) is 0. The van der Waals surface area contributed by atoms with Crippen molar-refractivity contribution in [3.8, 4) is 0 Å².